The highest BCUT2D eigenvalue weighted by molar-refractivity contribution is 7.26. The molecule has 5 aromatic carbocycles. The molecule has 1 aliphatic carbocycles. The number of amides is 1. The lowest BCUT2D eigenvalue weighted by molar-refractivity contribution is 0.0933. The van der Waals surface area contributed by atoms with Gasteiger partial charge >= 0.3 is 0 Å². The predicted molar refractivity (Wildman–Crippen MR) is 169 cm³/mol. The fourth-order valence-electron chi connectivity index (χ4n) is 6.33. The third-order valence-electron chi connectivity index (χ3n) is 8.35. The van der Waals surface area contributed by atoms with Crippen molar-refractivity contribution in [1.82, 2.24) is 15.5 Å². The quantitative estimate of drug-likeness (QED) is 0.230. The number of benzene rings is 5. The van der Waals surface area contributed by atoms with Gasteiger partial charge in [0.15, 0.2) is 0 Å². The van der Waals surface area contributed by atoms with Crippen molar-refractivity contribution in [1.29, 1.82) is 0 Å². The average Bonchev–Trinajstić information content (AvgIpc) is 3.63. The summed E-state index contributed by atoms with van der Waals surface area (Å²) in [6.45, 7) is 0. The molecule has 0 saturated heterocycles. The van der Waals surface area contributed by atoms with Gasteiger partial charge in [-0.25, -0.2) is 0 Å². The molecule has 41 heavy (non-hydrogen) atoms. The lowest BCUT2D eigenvalue weighted by atomic mass is 9.87. The third kappa shape index (κ3) is 4.12. The van der Waals surface area contributed by atoms with E-state index in [4.69, 9.17) is 0 Å². The number of carbonyl (C=O) groups excluding carboxylic acids is 1. The van der Waals surface area contributed by atoms with Crippen molar-refractivity contribution < 1.29 is 4.79 Å². The summed E-state index contributed by atoms with van der Waals surface area (Å²) in [5.74, 6) is -0.0526. The molecule has 0 bridgehead atoms. The van der Waals surface area contributed by atoms with Crippen LogP contribution in [0.2, 0.25) is 0 Å². The van der Waals surface area contributed by atoms with E-state index in [-0.39, 0.29) is 11.9 Å². The number of hydrogen-bond acceptors (Lipinski definition) is 3. The summed E-state index contributed by atoms with van der Waals surface area (Å²) in [7, 11) is 0. The molecule has 7 aromatic rings. The minimum atomic E-state index is -0.0526. The monoisotopic (exact) mass is 549 g/mol. The van der Waals surface area contributed by atoms with Crippen LogP contribution in [0.3, 0.4) is 0 Å². The predicted octanol–water partition coefficient (Wildman–Crippen LogP) is 9.07. The molecule has 1 amide bonds. The molecule has 0 unspecified atom stereocenters. The van der Waals surface area contributed by atoms with Gasteiger partial charge < -0.3 is 5.32 Å². The zero-order valence-corrected chi connectivity index (χ0v) is 23.2. The molecule has 1 atom stereocenters. The molecule has 0 radical (unpaired) electrons. The molecule has 0 aliphatic heterocycles. The highest BCUT2D eigenvalue weighted by Crippen LogP contribution is 2.40. The van der Waals surface area contributed by atoms with E-state index in [2.05, 4.69) is 107 Å². The second-order valence-corrected chi connectivity index (χ2v) is 11.9. The minimum Gasteiger partial charge on any atom is -0.345 e. The number of thiophene rings is 1. The summed E-state index contributed by atoms with van der Waals surface area (Å²) < 4.78 is 2.60. The Kier molecular flexibility index (Phi) is 5.71. The second kappa shape index (κ2) is 9.72. The third-order valence-corrected chi connectivity index (χ3v) is 9.57. The van der Waals surface area contributed by atoms with Crippen molar-refractivity contribution in [3.05, 3.63) is 126 Å². The van der Waals surface area contributed by atoms with E-state index in [1.54, 1.807) is 0 Å². The number of aromatic nitrogens is 2. The largest absolute Gasteiger partial charge is 0.345 e. The first-order valence-corrected chi connectivity index (χ1v) is 14.9. The Morgan fingerprint density at radius 3 is 2.61 bits per heavy atom. The Labute approximate surface area is 241 Å². The first-order chi connectivity index (χ1) is 20.2. The highest BCUT2D eigenvalue weighted by atomic mass is 32.1. The summed E-state index contributed by atoms with van der Waals surface area (Å²) in [6, 6.07) is 38.1. The Morgan fingerprint density at radius 2 is 1.63 bits per heavy atom. The van der Waals surface area contributed by atoms with Gasteiger partial charge in [0.25, 0.3) is 5.91 Å². The summed E-state index contributed by atoms with van der Waals surface area (Å²) in [4.78, 5) is 13.3. The van der Waals surface area contributed by atoms with Gasteiger partial charge in [-0.15, -0.1) is 11.3 Å². The lowest BCUT2D eigenvalue weighted by Gasteiger charge is -2.26. The van der Waals surface area contributed by atoms with Crippen LogP contribution in [-0.2, 0) is 6.42 Å². The van der Waals surface area contributed by atoms with E-state index in [1.807, 2.05) is 29.5 Å². The fourth-order valence-corrected chi connectivity index (χ4v) is 7.57. The van der Waals surface area contributed by atoms with E-state index in [1.165, 1.54) is 42.4 Å². The maximum Gasteiger partial charge on any atom is 0.251 e. The van der Waals surface area contributed by atoms with Crippen LogP contribution in [0.25, 0.3) is 53.5 Å². The Bertz CT molecular complexity index is 2100. The molecule has 0 saturated carbocycles. The van der Waals surface area contributed by atoms with Gasteiger partial charge in [-0.05, 0) is 71.8 Å². The maximum absolute atomic E-state index is 13.3. The van der Waals surface area contributed by atoms with Gasteiger partial charge in [0.2, 0.25) is 0 Å². The van der Waals surface area contributed by atoms with E-state index in [0.717, 1.165) is 41.4 Å². The van der Waals surface area contributed by atoms with Crippen LogP contribution in [0.1, 0.15) is 40.4 Å². The maximum atomic E-state index is 13.3. The number of carbonyl (C=O) groups is 1. The molecule has 4 nitrogen and oxygen atoms in total. The van der Waals surface area contributed by atoms with Crippen molar-refractivity contribution in [2.75, 3.05) is 0 Å². The van der Waals surface area contributed by atoms with Crippen LogP contribution in [0.15, 0.2) is 109 Å². The van der Waals surface area contributed by atoms with Crippen molar-refractivity contribution in [2.45, 2.75) is 25.3 Å². The van der Waals surface area contributed by atoms with Crippen LogP contribution < -0.4 is 5.32 Å². The van der Waals surface area contributed by atoms with E-state index < -0.39 is 0 Å². The second-order valence-electron chi connectivity index (χ2n) is 10.8. The number of nitrogens with one attached hydrogen (secondary N) is 2. The van der Waals surface area contributed by atoms with E-state index in [0.29, 0.717) is 5.56 Å². The van der Waals surface area contributed by atoms with Crippen molar-refractivity contribution in [2.24, 2.45) is 0 Å². The Morgan fingerprint density at radius 1 is 0.805 bits per heavy atom. The number of rotatable bonds is 4. The summed E-state index contributed by atoms with van der Waals surface area (Å²) in [6.07, 6.45) is 3.12. The van der Waals surface area contributed by atoms with Crippen LogP contribution in [0.5, 0.6) is 0 Å². The summed E-state index contributed by atoms with van der Waals surface area (Å²) in [5, 5.41) is 14.7. The van der Waals surface area contributed by atoms with Crippen LogP contribution in [-0.4, -0.2) is 16.1 Å². The van der Waals surface area contributed by atoms with Crippen molar-refractivity contribution in [3.8, 4) is 22.4 Å². The van der Waals surface area contributed by atoms with Gasteiger partial charge in [0.1, 0.15) is 0 Å². The zero-order valence-electron chi connectivity index (χ0n) is 22.4. The van der Waals surface area contributed by atoms with Gasteiger partial charge in [0.05, 0.1) is 17.3 Å². The molecule has 2 N–H and O–H groups in total. The highest BCUT2D eigenvalue weighted by Gasteiger charge is 2.22. The van der Waals surface area contributed by atoms with Gasteiger partial charge in [-0.2, -0.15) is 5.10 Å². The van der Waals surface area contributed by atoms with Crippen molar-refractivity contribution in [3.63, 3.8) is 0 Å². The molecular weight excluding hydrogens is 522 g/mol. The van der Waals surface area contributed by atoms with Crippen LogP contribution >= 0.6 is 11.3 Å². The molecule has 0 spiro atoms. The number of fused-ring (bicyclic) bond motifs is 5. The van der Waals surface area contributed by atoms with E-state index >= 15 is 0 Å². The fraction of sp³-hybridized carbons (Fsp3) is 0.111. The molecule has 2 aromatic heterocycles. The Balaban J connectivity index is 1.11. The molecule has 2 heterocycles. The summed E-state index contributed by atoms with van der Waals surface area (Å²) in [5.41, 5.74) is 8.40. The molecule has 1 aliphatic rings. The molecule has 8 rings (SSSR count). The molecular formula is C36H27N3OS. The van der Waals surface area contributed by atoms with Crippen LogP contribution in [0.4, 0.5) is 0 Å². The first kappa shape index (κ1) is 24.1. The first-order valence-electron chi connectivity index (χ1n) is 14.1. The van der Waals surface area contributed by atoms with E-state index in [9.17, 15) is 4.79 Å². The number of aryl methyl sites for hydroxylation is 1. The topological polar surface area (TPSA) is 57.8 Å². The number of hydrogen-bond donors (Lipinski definition) is 2. The Hall–Kier alpha value is -4.74. The zero-order chi connectivity index (χ0) is 27.3. The molecule has 0 fully saturated rings. The number of nitrogens with zero attached hydrogens (tertiary/aromatic N) is 1. The lowest BCUT2D eigenvalue weighted by Crippen LogP contribution is -2.30. The number of aromatic amines is 1. The minimum absolute atomic E-state index is 0.0496. The van der Waals surface area contributed by atoms with Crippen LogP contribution in [0, 0.1) is 0 Å². The molecule has 198 valence electrons. The smallest absolute Gasteiger partial charge is 0.251 e. The van der Waals surface area contributed by atoms with Crippen molar-refractivity contribution >= 4 is 48.3 Å². The molecule has 5 heteroatoms. The standard InChI is InChI=1S/C36H27N3OS/c40-36(37-31-16-6-9-22-8-1-2-12-26(22)31)25-18-19-30-32(21-25)38-39-34(30)24-11-5-10-23(20-24)27-14-7-15-29-28-13-3-4-17-33(28)41-35(27)29/h1-5,7-8,10-15,17-21,31H,6,9,16H2,(H,37,40)(H,38,39)/t31-/m1/s1. The normalized spacial score (nSPS) is 14.9. The SMILES string of the molecule is O=C(N[C@@H]1CCCc2ccccc21)c1ccc2c(-c3cccc(-c4cccc5c4sc4ccccc45)c3)n[nH]c2c1. The summed E-state index contributed by atoms with van der Waals surface area (Å²) >= 11 is 1.84. The van der Waals surface area contributed by atoms with Gasteiger partial charge in [0, 0.05) is 36.7 Å². The van der Waals surface area contributed by atoms with Gasteiger partial charge in [-0.1, -0.05) is 78.9 Å². The average molecular weight is 550 g/mol. The van der Waals surface area contributed by atoms with Gasteiger partial charge in [-0.3, -0.25) is 9.89 Å². The number of H-pyrrole nitrogens is 1.